The molecular formula is C22H34IN3O4. The van der Waals surface area contributed by atoms with Crippen LogP contribution in [0.2, 0.25) is 0 Å². The molecule has 0 aliphatic rings. The molecule has 30 heavy (non-hydrogen) atoms. The van der Waals surface area contributed by atoms with Gasteiger partial charge >= 0.3 is 0 Å². The summed E-state index contributed by atoms with van der Waals surface area (Å²) in [6.07, 6.45) is 0. The number of aliphatic hydroxyl groups is 1. The molecule has 1 unspecified atom stereocenters. The minimum Gasteiger partial charge on any atom is -0.491 e. The molecule has 0 spiro atoms. The van der Waals surface area contributed by atoms with Gasteiger partial charge in [0.2, 0.25) is 0 Å². The molecule has 0 bridgehead atoms. The maximum absolute atomic E-state index is 10.9. The first-order valence-corrected chi connectivity index (χ1v) is 9.88. The van der Waals surface area contributed by atoms with Crippen molar-refractivity contribution in [3.8, 4) is 5.75 Å². The first-order chi connectivity index (χ1) is 13.9. The maximum Gasteiger partial charge on any atom is 0.191 e. The lowest BCUT2D eigenvalue weighted by Gasteiger charge is -2.24. The number of furan rings is 1. The van der Waals surface area contributed by atoms with E-state index >= 15 is 0 Å². The lowest BCUT2D eigenvalue weighted by molar-refractivity contribution is 0.0601. The predicted molar refractivity (Wildman–Crippen MR) is 130 cm³/mol. The average Bonchev–Trinajstić information content (AvgIpc) is 3.04. The van der Waals surface area contributed by atoms with Crippen molar-refractivity contribution in [2.45, 2.75) is 39.8 Å². The topological polar surface area (TPSA) is 88.3 Å². The molecule has 0 radical (unpaired) electrons. The van der Waals surface area contributed by atoms with E-state index in [9.17, 15) is 5.11 Å². The Bertz CT molecular complexity index is 805. The summed E-state index contributed by atoms with van der Waals surface area (Å²) >= 11 is 0. The predicted octanol–water partition coefficient (Wildman–Crippen LogP) is 3.50. The number of hydrogen-bond acceptors (Lipinski definition) is 5. The zero-order valence-corrected chi connectivity index (χ0v) is 20.8. The van der Waals surface area contributed by atoms with E-state index < -0.39 is 5.60 Å². The van der Waals surface area contributed by atoms with Gasteiger partial charge in [-0.1, -0.05) is 12.1 Å². The Morgan fingerprint density at radius 2 is 1.97 bits per heavy atom. The Kier molecular flexibility index (Phi) is 11.2. The van der Waals surface area contributed by atoms with Gasteiger partial charge in [0.15, 0.2) is 5.96 Å². The lowest BCUT2D eigenvalue weighted by atomic mass is 9.96. The second-order valence-corrected chi connectivity index (χ2v) is 7.14. The van der Waals surface area contributed by atoms with Gasteiger partial charge in [-0.2, -0.15) is 0 Å². The van der Waals surface area contributed by atoms with Gasteiger partial charge in [0.25, 0.3) is 0 Å². The molecule has 1 atom stereocenters. The van der Waals surface area contributed by atoms with Crippen molar-refractivity contribution in [3.63, 3.8) is 0 Å². The van der Waals surface area contributed by atoms with Crippen molar-refractivity contribution in [1.29, 1.82) is 0 Å². The zero-order chi connectivity index (χ0) is 21.3. The fourth-order valence-electron chi connectivity index (χ4n) is 3.01. The van der Waals surface area contributed by atoms with Crippen LogP contribution >= 0.6 is 24.0 Å². The van der Waals surface area contributed by atoms with Gasteiger partial charge in [0.1, 0.15) is 29.5 Å². The third-order valence-electron chi connectivity index (χ3n) is 4.44. The van der Waals surface area contributed by atoms with E-state index in [0.717, 1.165) is 34.9 Å². The number of nitrogens with one attached hydrogen (secondary N) is 2. The van der Waals surface area contributed by atoms with Gasteiger partial charge in [-0.25, -0.2) is 4.99 Å². The third kappa shape index (κ3) is 8.16. The van der Waals surface area contributed by atoms with E-state index in [0.29, 0.717) is 32.3 Å². The van der Waals surface area contributed by atoms with Gasteiger partial charge < -0.3 is 29.6 Å². The number of ether oxygens (including phenoxy) is 2. The number of halogens is 1. The van der Waals surface area contributed by atoms with Crippen LogP contribution in [0.3, 0.4) is 0 Å². The molecule has 0 amide bonds. The number of hydrogen-bond donors (Lipinski definition) is 3. The number of benzene rings is 1. The first-order valence-electron chi connectivity index (χ1n) is 9.88. The quantitative estimate of drug-likeness (QED) is 0.188. The molecule has 0 aliphatic carbocycles. The Labute approximate surface area is 196 Å². The molecule has 1 aromatic carbocycles. The first kappa shape index (κ1) is 26.3. The van der Waals surface area contributed by atoms with Crippen LogP contribution in [-0.2, 0) is 16.9 Å². The van der Waals surface area contributed by atoms with E-state index in [1.165, 1.54) is 0 Å². The smallest absolute Gasteiger partial charge is 0.191 e. The summed E-state index contributed by atoms with van der Waals surface area (Å²) in [7, 11) is 1.65. The highest BCUT2D eigenvalue weighted by molar-refractivity contribution is 14.0. The second kappa shape index (κ2) is 12.8. The Balaban J connectivity index is 0.00000450. The lowest BCUT2D eigenvalue weighted by Crippen LogP contribution is -2.44. The average molecular weight is 531 g/mol. The molecule has 0 aliphatic heterocycles. The minimum absolute atomic E-state index is 0. The van der Waals surface area contributed by atoms with Gasteiger partial charge in [-0.05, 0) is 51.5 Å². The monoisotopic (exact) mass is 531 g/mol. The molecule has 2 aromatic rings. The van der Waals surface area contributed by atoms with Crippen LogP contribution in [0.15, 0.2) is 39.7 Å². The fourth-order valence-corrected chi connectivity index (χ4v) is 3.01. The zero-order valence-electron chi connectivity index (χ0n) is 18.4. The molecule has 7 nitrogen and oxygen atoms in total. The Morgan fingerprint density at radius 1 is 1.20 bits per heavy atom. The molecule has 168 valence electrons. The largest absolute Gasteiger partial charge is 0.491 e. The van der Waals surface area contributed by atoms with Crippen LogP contribution in [0, 0.1) is 13.8 Å². The van der Waals surface area contributed by atoms with E-state index in [1.54, 1.807) is 14.0 Å². The van der Waals surface area contributed by atoms with E-state index in [4.69, 9.17) is 13.9 Å². The number of guanidine groups is 1. The van der Waals surface area contributed by atoms with Gasteiger partial charge in [0, 0.05) is 19.2 Å². The highest BCUT2D eigenvalue weighted by Gasteiger charge is 2.27. The molecule has 0 saturated heterocycles. The summed E-state index contributed by atoms with van der Waals surface area (Å²) in [4.78, 5) is 4.63. The normalized spacial score (nSPS) is 13.3. The molecule has 3 N–H and O–H groups in total. The molecule has 0 saturated carbocycles. The molecule has 1 aromatic heterocycles. The van der Waals surface area contributed by atoms with Gasteiger partial charge in [-0.3, -0.25) is 0 Å². The summed E-state index contributed by atoms with van der Waals surface area (Å²) < 4.78 is 16.2. The van der Waals surface area contributed by atoms with E-state index in [1.807, 2.05) is 51.1 Å². The number of aryl methyl sites for hydroxylation is 2. The van der Waals surface area contributed by atoms with Crippen LogP contribution in [0.5, 0.6) is 5.75 Å². The Hall–Kier alpha value is -1.78. The molecule has 2 rings (SSSR count). The van der Waals surface area contributed by atoms with Crippen LogP contribution in [0.4, 0.5) is 0 Å². The minimum atomic E-state index is -1.08. The summed E-state index contributed by atoms with van der Waals surface area (Å²) in [6, 6.07) is 9.71. The summed E-state index contributed by atoms with van der Waals surface area (Å²) in [5, 5.41) is 17.3. The standard InChI is InChI=1S/C22H33N3O4.HI/c1-6-23-21(25-15-22(4,26)20-12-16(2)29-17(20)3)24-14-18-8-7-9-19(13-18)28-11-10-27-5;/h7-9,12-13,26H,6,10-11,14-15H2,1-5H3,(H2,23,24,25);1H. The van der Waals surface area contributed by atoms with E-state index in [-0.39, 0.29) is 24.0 Å². The van der Waals surface area contributed by atoms with Crippen molar-refractivity contribution in [3.05, 3.63) is 53.0 Å². The van der Waals surface area contributed by atoms with Crippen molar-refractivity contribution in [1.82, 2.24) is 10.6 Å². The van der Waals surface area contributed by atoms with Crippen LogP contribution < -0.4 is 15.4 Å². The highest BCUT2D eigenvalue weighted by Crippen LogP contribution is 2.26. The SMILES string of the molecule is CCNC(=NCc1cccc(OCCOC)c1)NCC(C)(O)c1cc(C)oc1C.I. The molecule has 8 heteroatoms. The summed E-state index contributed by atoms with van der Waals surface area (Å²) in [5.74, 6) is 2.94. The fraction of sp³-hybridized carbons (Fsp3) is 0.500. The molecule has 1 heterocycles. The maximum atomic E-state index is 10.9. The highest BCUT2D eigenvalue weighted by atomic mass is 127. The van der Waals surface area contributed by atoms with Crippen molar-refractivity contribution >= 4 is 29.9 Å². The summed E-state index contributed by atoms with van der Waals surface area (Å²) in [5.41, 5.74) is 0.733. The van der Waals surface area contributed by atoms with Gasteiger partial charge in [-0.15, -0.1) is 24.0 Å². The van der Waals surface area contributed by atoms with Crippen molar-refractivity contribution in [2.24, 2.45) is 4.99 Å². The second-order valence-electron chi connectivity index (χ2n) is 7.14. The number of methoxy groups -OCH3 is 1. The number of rotatable bonds is 10. The molecular weight excluding hydrogens is 497 g/mol. The molecule has 0 fully saturated rings. The van der Waals surface area contributed by atoms with Gasteiger partial charge in [0.05, 0.1) is 19.7 Å². The van der Waals surface area contributed by atoms with Crippen LogP contribution in [-0.4, -0.2) is 44.5 Å². The van der Waals surface area contributed by atoms with E-state index in [2.05, 4.69) is 15.6 Å². The number of nitrogens with zero attached hydrogens (tertiary/aromatic N) is 1. The Morgan fingerprint density at radius 3 is 2.60 bits per heavy atom. The van der Waals surface area contributed by atoms with Crippen LogP contribution in [0.25, 0.3) is 0 Å². The van der Waals surface area contributed by atoms with Crippen molar-refractivity contribution < 1.29 is 19.0 Å². The van der Waals surface area contributed by atoms with Crippen LogP contribution in [0.1, 0.15) is 36.5 Å². The number of aliphatic imine (C=N–C) groups is 1. The third-order valence-corrected chi connectivity index (χ3v) is 4.44. The van der Waals surface area contributed by atoms with Crippen molar-refractivity contribution in [2.75, 3.05) is 33.4 Å². The summed E-state index contributed by atoms with van der Waals surface area (Å²) in [6.45, 7) is 10.1.